The molecule has 152 valence electrons. The van der Waals surface area contributed by atoms with E-state index >= 15 is 0 Å². The van der Waals surface area contributed by atoms with Gasteiger partial charge in [0, 0.05) is 18.2 Å². The Hall–Kier alpha value is -3.74. The van der Waals surface area contributed by atoms with Crippen molar-refractivity contribution in [3.05, 3.63) is 101 Å². The summed E-state index contributed by atoms with van der Waals surface area (Å²) in [5.41, 5.74) is 0.801. The van der Waals surface area contributed by atoms with E-state index in [1.165, 1.54) is 12.3 Å². The van der Waals surface area contributed by atoms with Crippen LogP contribution in [0.15, 0.2) is 82.7 Å². The monoisotopic (exact) mass is 409 g/mol. The number of aliphatic hydroxyl groups excluding tert-OH is 1. The Morgan fingerprint density at radius 3 is 2.47 bits per heavy atom. The molecule has 0 saturated carbocycles. The summed E-state index contributed by atoms with van der Waals surface area (Å²) in [5.74, 6) is -4.04. The molecular formula is C23H17F2NO4. The molecule has 1 aliphatic rings. The number of rotatable bonds is 6. The quantitative estimate of drug-likeness (QED) is 0.643. The zero-order valence-electron chi connectivity index (χ0n) is 15.7. The van der Waals surface area contributed by atoms with Crippen molar-refractivity contribution in [1.82, 2.24) is 0 Å². The average molecular weight is 409 g/mol. The van der Waals surface area contributed by atoms with E-state index in [1.807, 2.05) is 30.3 Å². The summed E-state index contributed by atoms with van der Waals surface area (Å²) < 4.78 is 32.6. The molecule has 2 heterocycles. The largest absolute Gasteiger partial charge is 0.503 e. The first-order valence-electron chi connectivity index (χ1n) is 9.29. The van der Waals surface area contributed by atoms with E-state index in [9.17, 15) is 23.5 Å². The van der Waals surface area contributed by atoms with E-state index in [0.29, 0.717) is 6.42 Å². The number of halogens is 2. The van der Waals surface area contributed by atoms with Crippen LogP contribution in [0.2, 0.25) is 0 Å². The second-order valence-electron chi connectivity index (χ2n) is 6.86. The molecular weight excluding hydrogens is 392 g/mol. The number of anilines is 1. The van der Waals surface area contributed by atoms with Crippen LogP contribution in [0.25, 0.3) is 0 Å². The molecule has 0 spiro atoms. The van der Waals surface area contributed by atoms with Crippen LogP contribution >= 0.6 is 0 Å². The van der Waals surface area contributed by atoms with E-state index in [4.69, 9.17) is 4.42 Å². The Balaban J connectivity index is 1.70. The van der Waals surface area contributed by atoms with Crippen molar-refractivity contribution in [3.63, 3.8) is 0 Å². The first-order valence-corrected chi connectivity index (χ1v) is 9.29. The maximum Gasteiger partial charge on any atom is 0.294 e. The fourth-order valence-electron chi connectivity index (χ4n) is 3.54. The van der Waals surface area contributed by atoms with Gasteiger partial charge >= 0.3 is 0 Å². The summed E-state index contributed by atoms with van der Waals surface area (Å²) in [7, 11) is 0. The molecule has 5 nitrogen and oxygen atoms in total. The molecule has 1 N–H and O–H groups in total. The smallest absolute Gasteiger partial charge is 0.294 e. The SMILES string of the molecule is O=C(CCc1ccccc1)C1=C(O)C(=O)N(c2ccc(F)c(F)c2)C1c1ccco1. The second kappa shape index (κ2) is 7.94. The molecule has 1 aliphatic heterocycles. The third kappa shape index (κ3) is 3.50. The first-order chi connectivity index (χ1) is 14.5. The van der Waals surface area contributed by atoms with Crippen molar-refractivity contribution >= 4 is 17.4 Å². The van der Waals surface area contributed by atoms with Crippen molar-refractivity contribution in [2.45, 2.75) is 18.9 Å². The van der Waals surface area contributed by atoms with Crippen LogP contribution in [0.3, 0.4) is 0 Å². The van der Waals surface area contributed by atoms with E-state index in [2.05, 4.69) is 0 Å². The standard InChI is InChI=1S/C23H17F2NO4/c24-16-10-9-15(13-17(16)25)26-21(19-7-4-12-30-19)20(22(28)23(26)29)18(27)11-8-14-5-2-1-3-6-14/h1-7,9-10,12-13,21,28H,8,11H2. The molecule has 1 amide bonds. The molecule has 0 radical (unpaired) electrons. The van der Waals surface area contributed by atoms with Crippen molar-refractivity contribution in [2.75, 3.05) is 4.90 Å². The summed E-state index contributed by atoms with van der Waals surface area (Å²) >= 11 is 0. The molecule has 0 bridgehead atoms. The van der Waals surface area contributed by atoms with Gasteiger partial charge in [-0.05, 0) is 36.2 Å². The summed E-state index contributed by atoms with van der Waals surface area (Å²) in [6, 6.07) is 14.3. The second-order valence-corrected chi connectivity index (χ2v) is 6.86. The molecule has 2 aromatic carbocycles. The van der Waals surface area contributed by atoms with Gasteiger partial charge in [0.25, 0.3) is 5.91 Å². The minimum Gasteiger partial charge on any atom is -0.503 e. The highest BCUT2D eigenvalue weighted by atomic mass is 19.2. The van der Waals surface area contributed by atoms with Gasteiger partial charge in [0.2, 0.25) is 0 Å². The predicted octanol–water partition coefficient (Wildman–Crippen LogP) is 4.66. The number of benzene rings is 2. The number of amides is 1. The van der Waals surface area contributed by atoms with E-state index in [1.54, 1.807) is 12.1 Å². The van der Waals surface area contributed by atoms with Crippen LogP contribution in [0, 0.1) is 11.6 Å². The van der Waals surface area contributed by atoms with Gasteiger partial charge in [0.05, 0.1) is 11.8 Å². The number of hydrogen-bond acceptors (Lipinski definition) is 4. The van der Waals surface area contributed by atoms with Gasteiger partial charge in [-0.15, -0.1) is 0 Å². The number of carbonyl (C=O) groups excluding carboxylic acids is 2. The van der Waals surface area contributed by atoms with Gasteiger partial charge < -0.3 is 9.52 Å². The highest BCUT2D eigenvalue weighted by molar-refractivity contribution is 6.16. The lowest BCUT2D eigenvalue weighted by Gasteiger charge is -2.25. The number of furan rings is 1. The average Bonchev–Trinajstić information content (AvgIpc) is 3.36. The Morgan fingerprint density at radius 1 is 1.03 bits per heavy atom. The highest BCUT2D eigenvalue weighted by Gasteiger charge is 2.45. The third-order valence-electron chi connectivity index (χ3n) is 4.99. The van der Waals surface area contributed by atoms with Gasteiger partial charge in [-0.3, -0.25) is 14.5 Å². The summed E-state index contributed by atoms with van der Waals surface area (Å²) in [5, 5.41) is 10.5. The van der Waals surface area contributed by atoms with E-state index in [0.717, 1.165) is 22.6 Å². The Labute approximate surface area is 170 Å². The van der Waals surface area contributed by atoms with Crippen LogP contribution in [-0.4, -0.2) is 16.8 Å². The molecule has 7 heteroatoms. The normalized spacial score (nSPS) is 16.4. The summed E-state index contributed by atoms with van der Waals surface area (Å²) in [6.07, 6.45) is 1.84. The minimum atomic E-state index is -1.15. The lowest BCUT2D eigenvalue weighted by molar-refractivity contribution is -0.118. The maximum atomic E-state index is 13.8. The van der Waals surface area contributed by atoms with Crippen molar-refractivity contribution < 1.29 is 27.9 Å². The molecule has 1 aromatic heterocycles. The lowest BCUT2D eigenvalue weighted by atomic mass is 9.96. The van der Waals surface area contributed by atoms with Crippen LogP contribution in [-0.2, 0) is 16.0 Å². The fourth-order valence-corrected chi connectivity index (χ4v) is 3.54. The molecule has 0 aliphatic carbocycles. The Morgan fingerprint density at radius 2 is 1.80 bits per heavy atom. The molecule has 4 rings (SSSR count). The fraction of sp³-hybridized carbons (Fsp3) is 0.130. The molecule has 3 aromatic rings. The molecule has 30 heavy (non-hydrogen) atoms. The number of Topliss-reactive ketones (excluding diaryl/α,β-unsaturated/α-hetero) is 1. The molecule has 0 fully saturated rings. The van der Waals surface area contributed by atoms with Crippen LogP contribution in [0.1, 0.15) is 23.8 Å². The molecule has 1 unspecified atom stereocenters. The van der Waals surface area contributed by atoms with Crippen LogP contribution in [0.4, 0.5) is 14.5 Å². The topological polar surface area (TPSA) is 70.8 Å². The number of aryl methyl sites for hydroxylation is 1. The van der Waals surface area contributed by atoms with Crippen molar-refractivity contribution in [2.24, 2.45) is 0 Å². The van der Waals surface area contributed by atoms with Crippen LogP contribution in [0.5, 0.6) is 0 Å². The third-order valence-corrected chi connectivity index (χ3v) is 4.99. The number of nitrogens with zero attached hydrogens (tertiary/aromatic N) is 1. The van der Waals surface area contributed by atoms with Gasteiger partial charge in [0.1, 0.15) is 11.8 Å². The number of hydrogen-bond donors (Lipinski definition) is 1. The maximum absolute atomic E-state index is 13.8. The van der Waals surface area contributed by atoms with Crippen molar-refractivity contribution in [1.29, 1.82) is 0 Å². The zero-order valence-corrected chi connectivity index (χ0v) is 15.7. The van der Waals surface area contributed by atoms with Crippen LogP contribution < -0.4 is 4.90 Å². The van der Waals surface area contributed by atoms with Gasteiger partial charge in [-0.25, -0.2) is 8.78 Å². The van der Waals surface area contributed by atoms with Gasteiger partial charge in [-0.2, -0.15) is 0 Å². The highest BCUT2D eigenvalue weighted by Crippen LogP contribution is 2.41. The Kier molecular flexibility index (Phi) is 5.18. The Bertz CT molecular complexity index is 1120. The summed E-state index contributed by atoms with van der Waals surface area (Å²) in [4.78, 5) is 26.8. The predicted molar refractivity (Wildman–Crippen MR) is 105 cm³/mol. The number of aliphatic hydroxyl groups is 1. The first kappa shape index (κ1) is 19.6. The van der Waals surface area contributed by atoms with Gasteiger partial charge in [-0.1, -0.05) is 30.3 Å². The molecule has 1 atom stereocenters. The zero-order chi connectivity index (χ0) is 21.3. The lowest BCUT2D eigenvalue weighted by Crippen LogP contribution is -2.31. The van der Waals surface area contributed by atoms with E-state index in [-0.39, 0.29) is 23.4 Å². The van der Waals surface area contributed by atoms with E-state index < -0.39 is 35.1 Å². The number of ketones is 1. The van der Waals surface area contributed by atoms with Gasteiger partial charge in [0.15, 0.2) is 23.2 Å². The van der Waals surface area contributed by atoms with Crippen molar-refractivity contribution in [3.8, 4) is 0 Å². The number of carbonyl (C=O) groups is 2. The molecule has 0 saturated heterocycles. The summed E-state index contributed by atoms with van der Waals surface area (Å²) in [6.45, 7) is 0. The minimum absolute atomic E-state index is 0.00212.